The van der Waals surface area contributed by atoms with E-state index in [0.29, 0.717) is 18.2 Å². The largest absolute Gasteiger partial charge is 0.396 e. The Morgan fingerprint density at radius 1 is 1.02 bits per heavy atom. The van der Waals surface area contributed by atoms with Gasteiger partial charge in [0.2, 0.25) is 5.95 Å². The van der Waals surface area contributed by atoms with Crippen molar-refractivity contribution in [3.8, 4) is 10.6 Å². The van der Waals surface area contributed by atoms with Gasteiger partial charge in [0.15, 0.2) is 11.5 Å². The molecule has 3 aliphatic rings. The number of aliphatic hydroxyl groups excluding tert-OH is 1. The number of rotatable bonds is 7. The summed E-state index contributed by atoms with van der Waals surface area (Å²) in [6.45, 7) is 7.98. The number of nitrogens with one attached hydrogen (secondary N) is 2. The van der Waals surface area contributed by atoms with Crippen molar-refractivity contribution in [2.45, 2.75) is 76.5 Å². The van der Waals surface area contributed by atoms with Gasteiger partial charge < -0.3 is 25.2 Å². The molecule has 4 aromatic rings. The molecule has 3 unspecified atom stereocenters. The number of thiazole rings is 1. The number of anilines is 2. The van der Waals surface area contributed by atoms with Gasteiger partial charge in [-0.2, -0.15) is 4.98 Å². The summed E-state index contributed by atoms with van der Waals surface area (Å²) in [5.41, 5.74) is 3.97. The zero-order valence-corrected chi connectivity index (χ0v) is 24.0. The Morgan fingerprint density at radius 2 is 1.82 bits per heavy atom. The summed E-state index contributed by atoms with van der Waals surface area (Å²) >= 11 is 1.59. The minimum absolute atomic E-state index is 0.0250. The summed E-state index contributed by atoms with van der Waals surface area (Å²) in [5, 5.41) is 18.3. The summed E-state index contributed by atoms with van der Waals surface area (Å²) in [6, 6.07) is 10.7. The highest BCUT2D eigenvalue weighted by molar-refractivity contribution is 7.21. The van der Waals surface area contributed by atoms with Gasteiger partial charge in [-0.15, -0.1) is 11.3 Å². The molecule has 7 rings (SSSR count). The number of pyridine rings is 1. The van der Waals surface area contributed by atoms with E-state index < -0.39 is 11.5 Å². The predicted molar refractivity (Wildman–Crippen MR) is 155 cm³/mol. The summed E-state index contributed by atoms with van der Waals surface area (Å²) in [5.74, 6) is 0.391. The first-order valence-corrected chi connectivity index (χ1v) is 14.7. The molecule has 3 N–H and O–H groups in total. The molecule has 4 heterocycles. The molecule has 2 saturated carbocycles. The monoisotopic (exact) mass is 558 g/mol. The minimum Gasteiger partial charge on any atom is -0.396 e. The molecule has 0 bridgehead atoms. The van der Waals surface area contributed by atoms with Crippen molar-refractivity contribution in [2.75, 3.05) is 17.2 Å². The molecule has 1 aromatic carbocycles. The highest BCUT2D eigenvalue weighted by atomic mass is 32.1. The van der Waals surface area contributed by atoms with Gasteiger partial charge in [0, 0.05) is 18.7 Å². The van der Waals surface area contributed by atoms with Crippen molar-refractivity contribution in [2.24, 2.45) is 5.92 Å². The van der Waals surface area contributed by atoms with Gasteiger partial charge >= 0.3 is 0 Å². The molecule has 0 spiro atoms. The summed E-state index contributed by atoms with van der Waals surface area (Å²) in [7, 11) is 0. The summed E-state index contributed by atoms with van der Waals surface area (Å²) in [6.07, 6.45) is 6.76. The molecule has 208 valence electrons. The number of hydrogen-bond donors (Lipinski definition) is 3. The van der Waals surface area contributed by atoms with Crippen molar-refractivity contribution < 1.29 is 14.6 Å². The molecule has 3 atom stereocenters. The molecule has 0 amide bonds. The van der Waals surface area contributed by atoms with E-state index in [1.807, 2.05) is 26.8 Å². The maximum absolute atomic E-state index is 10.1. The van der Waals surface area contributed by atoms with E-state index in [4.69, 9.17) is 24.4 Å². The summed E-state index contributed by atoms with van der Waals surface area (Å²) in [4.78, 5) is 19.2. The first-order chi connectivity index (χ1) is 19.2. The number of aromatic nitrogens is 4. The van der Waals surface area contributed by atoms with Crippen LogP contribution in [0.25, 0.3) is 20.8 Å². The lowest BCUT2D eigenvalue weighted by atomic mass is 10.0. The third-order valence-electron chi connectivity index (χ3n) is 8.38. The quantitative estimate of drug-likeness (QED) is 0.269. The molecule has 10 heteroatoms. The van der Waals surface area contributed by atoms with E-state index in [2.05, 4.69) is 46.8 Å². The lowest BCUT2D eigenvalue weighted by Crippen LogP contribution is -2.46. The van der Waals surface area contributed by atoms with Gasteiger partial charge in [-0.25, -0.2) is 9.97 Å². The molecule has 1 saturated heterocycles. The fraction of sp³-hybridized carbons (Fsp3) is 0.467. The maximum Gasteiger partial charge on any atom is 0.225 e. The van der Waals surface area contributed by atoms with Gasteiger partial charge in [-0.3, -0.25) is 4.98 Å². The first kappa shape index (κ1) is 25.8. The van der Waals surface area contributed by atoms with E-state index in [1.165, 1.54) is 11.1 Å². The van der Waals surface area contributed by atoms with E-state index in [0.717, 1.165) is 45.7 Å². The van der Waals surface area contributed by atoms with Gasteiger partial charge in [0.1, 0.15) is 22.4 Å². The zero-order valence-electron chi connectivity index (χ0n) is 23.2. The van der Waals surface area contributed by atoms with Gasteiger partial charge in [0.25, 0.3) is 0 Å². The van der Waals surface area contributed by atoms with Crippen molar-refractivity contribution in [1.29, 1.82) is 0 Å². The first-order valence-electron chi connectivity index (χ1n) is 13.9. The minimum atomic E-state index is -0.823. The van der Waals surface area contributed by atoms with Crippen molar-refractivity contribution in [3.05, 3.63) is 59.5 Å². The lowest BCUT2D eigenvalue weighted by molar-refractivity contribution is -0.168. The van der Waals surface area contributed by atoms with Crippen LogP contribution in [0.5, 0.6) is 0 Å². The third kappa shape index (κ3) is 4.34. The molecule has 40 heavy (non-hydrogen) atoms. The lowest BCUT2D eigenvalue weighted by Gasteiger charge is -2.31. The van der Waals surface area contributed by atoms with Crippen molar-refractivity contribution in [3.63, 3.8) is 0 Å². The average molecular weight is 559 g/mol. The Kier molecular flexibility index (Phi) is 5.91. The van der Waals surface area contributed by atoms with Gasteiger partial charge in [-0.05, 0) is 65.0 Å². The molecule has 3 fully saturated rings. The summed E-state index contributed by atoms with van der Waals surface area (Å²) < 4.78 is 14.0. The van der Waals surface area contributed by atoms with Crippen LogP contribution >= 0.6 is 11.3 Å². The van der Waals surface area contributed by atoms with Crippen molar-refractivity contribution in [1.82, 2.24) is 19.9 Å². The van der Waals surface area contributed by atoms with Crippen molar-refractivity contribution >= 4 is 33.3 Å². The van der Waals surface area contributed by atoms with E-state index in [1.54, 1.807) is 23.7 Å². The standard InChI is InChI=1S/C30H34N6O3S/c1-17-5-7-20(8-6-17)29(12-13-29)36-27-32-18(2)23(26-33-21-15-31-14-10-22(21)40-26)25(34-27)35-30-11-9-19(16-37)24(30)38-28(3,4)39-30/h5-8,10,14-15,19,24,37H,9,11-13,16H2,1-4H3,(H2,32,34,35,36). The third-order valence-corrected chi connectivity index (χ3v) is 9.43. The van der Waals surface area contributed by atoms with Gasteiger partial charge in [0.05, 0.1) is 27.7 Å². The highest BCUT2D eigenvalue weighted by Gasteiger charge is 2.60. The molecule has 9 nitrogen and oxygen atoms in total. The second-order valence-electron chi connectivity index (χ2n) is 11.8. The van der Waals surface area contributed by atoms with Gasteiger partial charge in [-0.1, -0.05) is 29.8 Å². The van der Waals surface area contributed by atoms with Crippen LogP contribution in [0.15, 0.2) is 42.7 Å². The zero-order chi connectivity index (χ0) is 27.7. The number of nitrogens with zero attached hydrogens (tertiary/aromatic N) is 4. The Balaban J connectivity index is 1.32. The highest BCUT2D eigenvalue weighted by Crippen LogP contribution is 2.51. The fourth-order valence-electron chi connectivity index (χ4n) is 6.25. The smallest absolute Gasteiger partial charge is 0.225 e. The Hall–Kier alpha value is -3.18. The van der Waals surface area contributed by atoms with Crippen LogP contribution in [0.2, 0.25) is 0 Å². The number of fused-ring (bicyclic) bond motifs is 2. The molecule has 3 aromatic heterocycles. The number of ether oxygens (including phenoxy) is 2. The van der Waals surface area contributed by atoms with E-state index in [-0.39, 0.29) is 24.2 Å². The van der Waals surface area contributed by atoms with Crippen LogP contribution in [0.3, 0.4) is 0 Å². The normalized spacial score (nSPS) is 26.1. The van der Waals surface area contributed by atoms with Crippen LogP contribution in [0.4, 0.5) is 11.8 Å². The number of benzene rings is 1. The molecule has 0 radical (unpaired) electrons. The number of aliphatic hydroxyl groups is 1. The molecular formula is C30H34N6O3S. The second kappa shape index (κ2) is 9.17. The van der Waals surface area contributed by atoms with Crippen LogP contribution in [0, 0.1) is 19.8 Å². The second-order valence-corrected chi connectivity index (χ2v) is 12.9. The van der Waals surface area contributed by atoms with Crippen LogP contribution in [-0.4, -0.2) is 49.3 Å². The number of hydrogen-bond acceptors (Lipinski definition) is 10. The van der Waals surface area contributed by atoms with E-state index in [9.17, 15) is 5.11 Å². The topological polar surface area (TPSA) is 114 Å². The molecular weight excluding hydrogens is 524 g/mol. The SMILES string of the molecule is Cc1ccc(C2(Nc3nc(C)c(-c4nc5cnccc5s4)c(NC45CCC(CO)C4OC(C)(C)O5)n3)CC2)cc1. The Bertz CT molecular complexity index is 1550. The maximum atomic E-state index is 10.1. The predicted octanol–water partition coefficient (Wildman–Crippen LogP) is 5.53. The molecule has 1 aliphatic heterocycles. The van der Waals surface area contributed by atoms with Crippen LogP contribution < -0.4 is 10.6 Å². The van der Waals surface area contributed by atoms with E-state index >= 15 is 0 Å². The Morgan fingerprint density at radius 3 is 2.55 bits per heavy atom. The molecule has 2 aliphatic carbocycles. The average Bonchev–Trinajstić information content (AvgIpc) is 3.32. The fourth-order valence-corrected chi connectivity index (χ4v) is 7.28. The Labute approximate surface area is 237 Å². The van der Waals surface area contributed by atoms with Crippen LogP contribution in [-0.2, 0) is 15.0 Å². The van der Waals surface area contributed by atoms with Crippen LogP contribution in [0.1, 0.15) is 56.4 Å². The number of aryl methyl sites for hydroxylation is 2.